The number of hydrogen-bond donors (Lipinski definition) is 1. The monoisotopic (exact) mass is 329 g/mol. The summed E-state index contributed by atoms with van der Waals surface area (Å²) in [6.45, 7) is 2.63. The number of rotatable bonds is 4. The summed E-state index contributed by atoms with van der Waals surface area (Å²) in [5.74, 6) is -0.992. The molecule has 0 saturated heterocycles. The molecule has 1 aromatic carbocycles. The van der Waals surface area contributed by atoms with Gasteiger partial charge in [-0.3, -0.25) is 0 Å². The van der Waals surface area contributed by atoms with Gasteiger partial charge in [0.1, 0.15) is 11.6 Å². The van der Waals surface area contributed by atoms with E-state index in [4.69, 9.17) is 0 Å². The van der Waals surface area contributed by atoms with Crippen LogP contribution in [0.15, 0.2) is 28.3 Å². The van der Waals surface area contributed by atoms with E-state index in [-0.39, 0.29) is 11.6 Å². The van der Waals surface area contributed by atoms with Crippen molar-refractivity contribution in [3.8, 4) is 0 Å². The Bertz CT molecular complexity index is 462. The second-order valence-electron chi connectivity index (χ2n) is 4.80. The minimum absolute atomic E-state index is 0.137. The first kappa shape index (κ1) is 14.7. The van der Waals surface area contributed by atoms with E-state index >= 15 is 0 Å². The highest BCUT2D eigenvalue weighted by Gasteiger charge is 2.24. The first-order chi connectivity index (χ1) is 9.13. The Morgan fingerprint density at radius 2 is 1.95 bits per heavy atom. The van der Waals surface area contributed by atoms with E-state index < -0.39 is 11.6 Å². The Labute approximate surface area is 121 Å². The number of likely N-dealkylation sites (N-methyl/N-ethyl adjacent to an activating group) is 1. The Hall–Kier alpha value is -0.740. The van der Waals surface area contributed by atoms with E-state index in [0.29, 0.717) is 11.0 Å². The van der Waals surface area contributed by atoms with Crippen molar-refractivity contribution in [2.24, 2.45) is 0 Å². The molecule has 0 aliphatic heterocycles. The van der Waals surface area contributed by atoms with Crippen molar-refractivity contribution >= 4 is 15.9 Å². The lowest BCUT2D eigenvalue weighted by atomic mass is 9.89. The van der Waals surface area contributed by atoms with Crippen LogP contribution in [0.2, 0.25) is 0 Å². The fourth-order valence-electron chi connectivity index (χ4n) is 2.58. The van der Waals surface area contributed by atoms with Crippen molar-refractivity contribution in [3.05, 3.63) is 45.5 Å². The van der Waals surface area contributed by atoms with E-state index in [1.165, 1.54) is 12.1 Å². The molecule has 1 aliphatic rings. The summed E-state index contributed by atoms with van der Waals surface area (Å²) in [5, 5.41) is 3.21. The third-order valence-corrected chi connectivity index (χ3v) is 3.90. The molecule has 1 nitrogen and oxygen atoms in total. The zero-order valence-electron chi connectivity index (χ0n) is 11.0. The Kier molecular flexibility index (Phi) is 5.11. The molecule has 0 spiro atoms. The van der Waals surface area contributed by atoms with Gasteiger partial charge in [-0.05, 0) is 44.4 Å². The van der Waals surface area contributed by atoms with Crippen LogP contribution in [0.25, 0.3) is 0 Å². The number of halogens is 3. The van der Waals surface area contributed by atoms with E-state index in [0.717, 1.165) is 31.3 Å². The fraction of sp³-hybridized carbons (Fsp3) is 0.467. The highest BCUT2D eigenvalue weighted by Crippen LogP contribution is 2.33. The molecular formula is C15H18BrF2N. The van der Waals surface area contributed by atoms with Crippen LogP contribution < -0.4 is 5.32 Å². The van der Waals surface area contributed by atoms with Gasteiger partial charge in [0.15, 0.2) is 0 Å². The molecule has 0 amide bonds. The van der Waals surface area contributed by atoms with Crippen molar-refractivity contribution < 1.29 is 8.78 Å². The molecule has 2 rings (SSSR count). The number of benzene rings is 1. The molecule has 1 atom stereocenters. The Morgan fingerprint density at radius 1 is 1.26 bits per heavy atom. The van der Waals surface area contributed by atoms with Crippen LogP contribution >= 0.6 is 15.9 Å². The number of nitrogens with one attached hydrogen (secondary N) is 1. The van der Waals surface area contributed by atoms with Gasteiger partial charge in [-0.2, -0.15) is 0 Å². The molecule has 19 heavy (non-hydrogen) atoms. The van der Waals surface area contributed by atoms with Crippen LogP contribution in [0, 0.1) is 11.6 Å². The summed E-state index contributed by atoms with van der Waals surface area (Å²) < 4.78 is 28.6. The number of hydrogen-bond acceptors (Lipinski definition) is 1. The summed E-state index contributed by atoms with van der Waals surface area (Å²) >= 11 is 3.12. The average Bonchev–Trinajstić information content (AvgIpc) is 2.37. The molecule has 1 unspecified atom stereocenters. The summed E-state index contributed by atoms with van der Waals surface area (Å²) in [4.78, 5) is 0. The fourth-order valence-corrected chi connectivity index (χ4v) is 2.98. The minimum atomic E-state index is -0.496. The second kappa shape index (κ2) is 6.62. The van der Waals surface area contributed by atoms with Crippen LogP contribution in [0.3, 0.4) is 0 Å². The van der Waals surface area contributed by atoms with Crippen molar-refractivity contribution in [2.45, 2.75) is 38.6 Å². The molecule has 0 radical (unpaired) electrons. The van der Waals surface area contributed by atoms with Gasteiger partial charge in [0.2, 0.25) is 0 Å². The molecule has 0 aromatic heterocycles. The van der Waals surface area contributed by atoms with Crippen LogP contribution in [0.5, 0.6) is 0 Å². The summed E-state index contributed by atoms with van der Waals surface area (Å²) in [6, 6.07) is 2.30. The van der Waals surface area contributed by atoms with Gasteiger partial charge in [-0.15, -0.1) is 0 Å². The Balaban J connectivity index is 2.41. The highest BCUT2D eigenvalue weighted by molar-refractivity contribution is 9.10. The van der Waals surface area contributed by atoms with Crippen molar-refractivity contribution in [2.75, 3.05) is 6.54 Å². The quantitative estimate of drug-likeness (QED) is 0.776. The maximum absolute atomic E-state index is 14.1. The maximum atomic E-state index is 14.1. The third-order valence-electron chi connectivity index (χ3n) is 3.44. The van der Waals surface area contributed by atoms with E-state index in [9.17, 15) is 8.78 Å². The SMILES string of the molecule is CCNC(C1=CCCCC1)c1c(F)cc(Br)cc1F. The predicted octanol–water partition coefficient (Wildman–Crippen LogP) is 4.88. The number of allylic oxidation sites excluding steroid dienone is 1. The van der Waals surface area contributed by atoms with Crippen molar-refractivity contribution in [1.29, 1.82) is 0 Å². The molecule has 104 valence electrons. The molecule has 0 heterocycles. The first-order valence-corrected chi connectivity index (χ1v) is 7.49. The van der Waals surface area contributed by atoms with Gasteiger partial charge >= 0.3 is 0 Å². The summed E-state index contributed by atoms with van der Waals surface area (Å²) in [5.41, 5.74) is 1.24. The van der Waals surface area contributed by atoms with Gasteiger partial charge in [0.05, 0.1) is 6.04 Å². The third kappa shape index (κ3) is 3.42. The normalized spacial score (nSPS) is 17.2. The van der Waals surface area contributed by atoms with Crippen molar-refractivity contribution in [3.63, 3.8) is 0 Å². The van der Waals surface area contributed by atoms with Gasteiger partial charge in [0.25, 0.3) is 0 Å². The first-order valence-electron chi connectivity index (χ1n) is 6.70. The predicted molar refractivity (Wildman–Crippen MR) is 77.0 cm³/mol. The van der Waals surface area contributed by atoms with Gasteiger partial charge in [-0.25, -0.2) is 8.78 Å². The lowest BCUT2D eigenvalue weighted by Crippen LogP contribution is -2.25. The van der Waals surface area contributed by atoms with Crippen molar-refractivity contribution in [1.82, 2.24) is 5.32 Å². The van der Waals surface area contributed by atoms with Gasteiger partial charge < -0.3 is 5.32 Å². The molecule has 1 N–H and O–H groups in total. The molecule has 0 bridgehead atoms. The highest BCUT2D eigenvalue weighted by atomic mass is 79.9. The molecular weight excluding hydrogens is 312 g/mol. The van der Waals surface area contributed by atoms with E-state index in [1.807, 2.05) is 6.92 Å². The zero-order valence-corrected chi connectivity index (χ0v) is 12.6. The molecule has 0 saturated carbocycles. The molecule has 4 heteroatoms. The van der Waals surface area contributed by atoms with Crippen LogP contribution in [-0.4, -0.2) is 6.54 Å². The minimum Gasteiger partial charge on any atom is -0.307 e. The zero-order chi connectivity index (χ0) is 13.8. The van der Waals surface area contributed by atoms with Crippen LogP contribution in [-0.2, 0) is 0 Å². The molecule has 1 aromatic rings. The lowest BCUT2D eigenvalue weighted by Gasteiger charge is -2.25. The van der Waals surface area contributed by atoms with E-state index in [1.54, 1.807) is 0 Å². The average molecular weight is 330 g/mol. The van der Waals surface area contributed by atoms with Crippen LogP contribution in [0.1, 0.15) is 44.2 Å². The van der Waals surface area contributed by atoms with Gasteiger partial charge in [-0.1, -0.05) is 34.5 Å². The summed E-state index contributed by atoms with van der Waals surface area (Å²) in [7, 11) is 0. The van der Waals surface area contributed by atoms with Gasteiger partial charge in [0, 0.05) is 10.0 Å². The molecule has 0 fully saturated rings. The van der Waals surface area contributed by atoms with E-state index in [2.05, 4.69) is 27.3 Å². The standard InChI is InChI=1S/C15H18BrF2N/c1-2-19-15(10-6-4-3-5-7-10)14-12(17)8-11(16)9-13(14)18/h6,8-9,15,19H,2-5,7H2,1H3. The topological polar surface area (TPSA) is 12.0 Å². The molecule has 1 aliphatic carbocycles. The largest absolute Gasteiger partial charge is 0.307 e. The summed E-state index contributed by atoms with van der Waals surface area (Å²) in [6.07, 6.45) is 6.28. The van der Waals surface area contributed by atoms with Crippen LogP contribution in [0.4, 0.5) is 8.78 Å². The maximum Gasteiger partial charge on any atom is 0.132 e. The second-order valence-corrected chi connectivity index (χ2v) is 5.71. The lowest BCUT2D eigenvalue weighted by molar-refractivity contribution is 0.489. The Morgan fingerprint density at radius 3 is 2.47 bits per heavy atom. The smallest absolute Gasteiger partial charge is 0.132 e.